The van der Waals surface area contributed by atoms with E-state index in [2.05, 4.69) is 21.9 Å². The van der Waals surface area contributed by atoms with Crippen molar-refractivity contribution in [2.24, 2.45) is 0 Å². The molecule has 4 rings (SSSR count). The first-order valence-corrected chi connectivity index (χ1v) is 13.0. The molecule has 0 aliphatic carbocycles. The molecule has 1 N–H and O–H groups in total. The van der Waals surface area contributed by atoms with Gasteiger partial charge in [0.05, 0.1) is 19.3 Å². The van der Waals surface area contributed by atoms with Gasteiger partial charge in [-0.15, -0.1) is 0 Å². The highest BCUT2D eigenvalue weighted by Crippen LogP contribution is 2.45. The van der Waals surface area contributed by atoms with Crippen molar-refractivity contribution in [3.63, 3.8) is 0 Å². The molecule has 33 heavy (non-hydrogen) atoms. The summed E-state index contributed by atoms with van der Waals surface area (Å²) in [5, 5.41) is 9.65. The van der Waals surface area contributed by atoms with Crippen LogP contribution in [0.15, 0.2) is 30.3 Å². The summed E-state index contributed by atoms with van der Waals surface area (Å²) in [6.45, 7) is 2.91. The first-order chi connectivity index (χ1) is 15.5. The van der Waals surface area contributed by atoms with Gasteiger partial charge in [0.1, 0.15) is 12.2 Å². The van der Waals surface area contributed by atoms with Gasteiger partial charge < -0.3 is 10.0 Å². The summed E-state index contributed by atoms with van der Waals surface area (Å²) in [7, 11) is -0.118. The maximum absolute atomic E-state index is 13.1. The van der Waals surface area contributed by atoms with E-state index < -0.39 is 21.8 Å². The van der Waals surface area contributed by atoms with Gasteiger partial charge in [-0.2, -0.15) is 0 Å². The summed E-state index contributed by atoms with van der Waals surface area (Å²) >= 11 is 0. The quantitative estimate of drug-likeness (QED) is 0.651. The van der Waals surface area contributed by atoms with Gasteiger partial charge in [0.25, 0.3) is 0 Å². The van der Waals surface area contributed by atoms with E-state index in [0.29, 0.717) is 6.54 Å². The van der Waals surface area contributed by atoms with Crippen LogP contribution in [0.25, 0.3) is 0 Å². The number of amides is 2. The lowest BCUT2D eigenvalue weighted by atomic mass is 9.86. The van der Waals surface area contributed by atoms with Gasteiger partial charge in [0.15, 0.2) is 0 Å². The molecular formula is C22H33N5O5S. The Morgan fingerprint density at radius 1 is 1.15 bits per heavy atom. The average Bonchev–Trinajstić information content (AvgIpc) is 2.99. The van der Waals surface area contributed by atoms with E-state index in [9.17, 15) is 23.1 Å². The highest BCUT2D eigenvalue weighted by molar-refractivity contribution is 7.88. The first-order valence-electron chi connectivity index (χ1n) is 11.2. The lowest BCUT2D eigenvalue weighted by Crippen LogP contribution is -2.71. The number of likely N-dealkylation sites (tertiary alicyclic amines) is 1. The number of fused-ring (bicyclic) bond motifs is 1. The van der Waals surface area contributed by atoms with Gasteiger partial charge in [0.2, 0.25) is 15.9 Å². The zero-order valence-electron chi connectivity index (χ0n) is 19.5. The third kappa shape index (κ3) is 4.34. The normalized spacial score (nSPS) is 26.2. The minimum absolute atomic E-state index is 0.0212. The summed E-state index contributed by atoms with van der Waals surface area (Å²) < 4.78 is 25.7. The van der Waals surface area contributed by atoms with Gasteiger partial charge in [-0.3, -0.25) is 19.5 Å². The SMILES string of the molecule is CN1C2(CCN(Cc3ccccc3)CC2)CN2C(=O)CN(C(=O)O)CC21CN(C)S(C)(=O)=O. The van der Waals surface area contributed by atoms with Crippen LogP contribution in [0.3, 0.4) is 0 Å². The Morgan fingerprint density at radius 3 is 2.36 bits per heavy atom. The van der Waals surface area contributed by atoms with Crippen molar-refractivity contribution in [1.29, 1.82) is 0 Å². The Morgan fingerprint density at radius 2 is 1.79 bits per heavy atom. The third-order valence-corrected chi connectivity index (χ3v) is 8.97. The van der Waals surface area contributed by atoms with Crippen LogP contribution in [0.5, 0.6) is 0 Å². The molecule has 0 saturated carbocycles. The van der Waals surface area contributed by atoms with E-state index in [4.69, 9.17) is 0 Å². The van der Waals surface area contributed by atoms with Gasteiger partial charge >= 0.3 is 6.09 Å². The molecule has 1 spiro atoms. The summed E-state index contributed by atoms with van der Waals surface area (Å²) in [6.07, 6.45) is 1.59. The number of sulfonamides is 1. The first kappa shape index (κ1) is 23.9. The molecule has 0 radical (unpaired) electrons. The summed E-state index contributed by atoms with van der Waals surface area (Å²) in [4.78, 5) is 32.3. The topological polar surface area (TPSA) is 105 Å². The monoisotopic (exact) mass is 479 g/mol. The minimum Gasteiger partial charge on any atom is -0.465 e. The molecule has 3 saturated heterocycles. The van der Waals surface area contributed by atoms with E-state index in [1.807, 2.05) is 25.2 Å². The van der Waals surface area contributed by atoms with Crippen molar-refractivity contribution in [3.05, 3.63) is 35.9 Å². The lowest BCUT2D eigenvalue weighted by Gasteiger charge is -2.51. The largest absolute Gasteiger partial charge is 0.465 e. The number of benzene rings is 1. The number of piperazine rings is 1. The molecule has 11 heteroatoms. The molecule has 1 aromatic rings. The van der Waals surface area contributed by atoms with E-state index in [-0.39, 0.29) is 31.1 Å². The molecule has 1 aromatic carbocycles. The van der Waals surface area contributed by atoms with Crippen LogP contribution in [0.4, 0.5) is 4.79 Å². The molecule has 3 aliphatic rings. The predicted octanol–water partition coefficient (Wildman–Crippen LogP) is 0.377. The molecule has 3 fully saturated rings. The fourth-order valence-corrected chi connectivity index (χ4v) is 6.05. The molecule has 3 aliphatic heterocycles. The van der Waals surface area contributed by atoms with Gasteiger partial charge in [0, 0.05) is 38.8 Å². The second kappa shape index (κ2) is 8.53. The lowest BCUT2D eigenvalue weighted by molar-refractivity contribution is -0.150. The molecular weight excluding hydrogens is 446 g/mol. The van der Waals surface area contributed by atoms with Crippen molar-refractivity contribution < 1.29 is 23.1 Å². The average molecular weight is 480 g/mol. The highest BCUT2D eigenvalue weighted by atomic mass is 32.2. The zero-order chi connectivity index (χ0) is 24.0. The van der Waals surface area contributed by atoms with Crippen LogP contribution in [0, 0.1) is 0 Å². The van der Waals surface area contributed by atoms with Crippen LogP contribution in [-0.4, -0.2) is 120 Å². The maximum atomic E-state index is 13.1. The highest BCUT2D eigenvalue weighted by Gasteiger charge is 2.62. The second-order valence-electron chi connectivity index (χ2n) is 9.67. The van der Waals surface area contributed by atoms with Gasteiger partial charge in [-0.25, -0.2) is 17.5 Å². The van der Waals surface area contributed by atoms with Crippen LogP contribution in [0.2, 0.25) is 0 Å². The number of carbonyl (C=O) groups excluding carboxylic acids is 1. The summed E-state index contributed by atoms with van der Waals surface area (Å²) in [5.41, 5.74) is -0.104. The molecule has 182 valence electrons. The van der Waals surface area contributed by atoms with Crippen molar-refractivity contribution in [2.45, 2.75) is 30.6 Å². The van der Waals surface area contributed by atoms with Crippen LogP contribution < -0.4 is 0 Å². The number of hydrogen-bond acceptors (Lipinski definition) is 6. The fraction of sp³-hybridized carbons (Fsp3) is 0.636. The second-order valence-corrected chi connectivity index (χ2v) is 11.8. The van der Waals surface area contributed by atoms with Crippen molar-refractivity contribution in [2.75, 3.05) is 59.6 Å². The molecule has 10 nitrogen and oxygen atoms in total. The number of carbonyl (C=O) groups is 2. The molecule has 0 bridgehead atoms. The van der Waals surface area contributed by atoms with Crippen molar-refractivity contribution in [3.8, 4) is 0 Å². The van der Waals surface area contributed by atoms with Gasteiger partial charge in [-0.1, -0.05) is 30.3 Å². The Balaban J connectivity index is 1.60. The van der Waals surface area contributed by atoms with Gasteiger partial charge in [-0.05, 0) is 25.5 Å². The van der Waals surface area contributed by atoms with E-state index >= 15 is 0 Å². The maximum Gasteiger partial charge on any atom is 0.407 e. The zero-order valence-corrected chi connectivity index (χ0v) is 20.3. The molecule has 1 unspecified atom stereocenters. The van der Waals surface area contributed by atoms with E-state index in [1.165, 1.54) is 16.9 Å². The number of piperidine rings is 1. The fourth-order valence-electron chi connectivity index (χ4n) is 5.61. The number of nitrogens with zero attached hydrogens (tertiary/aromatic N) is 5. The standard InChI is InChI=1S/C22H33N5O5S/c1-23(33(3,31)32)16-22-17-26(20(29)30)14-19(28)27(22)15-21(24(22)2)9-11-25(12-10-21)13-18-7-5-4-6-8-18/h4-8H,9-17H2,1-3H3,(H,29,30). The van der Waals surface area contributed by atoms with Crippen molar-refractivity contribution in [1.82, 2.24) is 23.9 Å². The predicted molar refractivity (Wildman–Crippen MR) is 123 cm³/mol. The Labute approximate surface area is 195 Å². The molecule has 3 heterocycles. The number of hydrogen-bond donors (Lipinski definition) is 1. The van der Waals surface area contributed by atoms with Crippen LogP contribution in [0.1, 0.15) is 18.4 Å². The molecule has 2 amide bonds. The minimum atomic E-state index is -3.52. The smallest absolute Gasteiger partial charge is 0.407 e. The number of likely N-dealkylation sites (N-methyl/N-ethyl adjacent to an activating group) is 2. The number of rotatable bonds is 5. The van der Waals surface area contributed by atoms with Crippen molar-refractivity contribution >= 4 is 22.0 Å². The summed E-state index contributed by atoms with van der Waals surface area (Å²) in [6, 6.07) is 10.3. The number of carboxylic acid groups (broad SMARTS) is 1. The molecule has 0 aromatic heterocycles. The third-order valence-electron chi connectivity index (χ3n) is 7.71. The Kier molecular flexibility index (Phi) is 6.19. The Bertz CT molecular complexity index is 1010. The summed E-state index contributed by atoms with van der Waals surface area (Å²) in [5.74, 6) is -0.277. The van der Waals surface area contributed by atoms with Crippen LogP contribution >= 0.6 is 0 Å². The van der Waals surface area contributed by atoms with E-state index in [0.717, 1.165) is 43.6 Å². The molecule has 1 atom stereocenters. The van der Waals surface area contributed by atoms with E-state index in [1.54, 1.807) is 4.90 Å². The van der Waals surface area contributed by atoms with Crippen LogP contribution in [-0.2, 0) is 21.4 Å². The Hall–Kier alpha value is -2.21.